The summed E-state index contributed by atoms with van der Waals surface area (Å²) < 4.78 is 5.24. The average Bonchev–Trinajstić information content (AvgIpc) is 2.04. The van der Waals surface area contributed by atoms with Crippen molar-refractivity contribution in [2.24, 2.45) is 0 Å². The maximum absolute atomic E-state index is 5.44. The molecule has 3 nitrogen and oxygen atoms in total. The van der Waals surface area contributed by atoms with E-state index < -0.39 is 0 Å². The van der Waals surface area contributed by atoms with Crippen LogP contribution in [0.5, 0.6) is 5.88 Å². The lowest BCUT2D eigenvalue weighted by Gasteiger charge is -2.01. The molecule has 11 heavy (non-hydrogen) atoms. The van der Waals surface area contributed by atoms with Crippen LogP contribution in [0.25, 0.3) is 0 Å². The number of nitrogens with two attached hydrogens (primary N) is 1. The number of nitrogens with zero attached hydrogens (tertiary/aromatic N) is 1. The molecule has 0 fully saturated rings. The molecule has 0 aliphatic carbocycles. The maximum Gasteiger partial charge on any atom is 0.213 e. The van der Waals surface area contributed by atoms with Crippen LogP contribution in [0.1, 0.15) is 13.3 Å². The number of hydrogen-bond acceptors (Lipinski definition) is 3. The van der Waals surface area contributed by atoms with E-state index >= 15 is 0 Å². The molecule has 1 aromatic heterocycles. The number of nitrogen functional groups attached to an aromatic ring is 1. The molecule has 0 atom stereocenters. The lowest BCUT2D eigenvalue weighted by atomic mass is 10.4. The first-order valence-corrected chi connectivity index (χ1v) is 3.67. The summed E-state index contributed by atoms with van der Waals surface area (Å²) in [5.74, 6) is 0.640. The van der Waals surface area contributed by atoms with Crippen LogP contribution in [-0.4, -0.2) is 11.6 Å². The van der Waals surface area contributed by atoms with Crippen molar-refractivity contribution < 1.29 is 4.74 Å². The zero-order valence-electron chi connectivity index (χ0n) is 6.58. The normalized spacial score (nSPS) is 9.55. The minimum atomic E-state index is 0.640. The lowest BCUT2D eigenvalue weighted by Crippen LogP contribution is -1.97. The van der Waals surface area contributed by atoms with Crippen LogP contribution in [0.3, 0.4) is 0 Å². The van der Waals surface area contributed by atoms with Crippen LogP contribution in [-0.2, 0) is 0 Å². The molecule has 2 N–H and O–H groups in total. The predicted molar refractivity (Wildman–Crippen MR) is 44.4 cm³/mol. The summed E-state index contributed by atoms with van der Waals surface area (Å²) in [6.07, 6.45) is 2.58. The van der Waals surface area contributed by atoms with E-state index in [-0.39, 0.29) is 0 Å². The fourth-order valence-electron chi connectivity index (χ4n) is 0.684. The minimum Gasteiger partial charge on any atom is -0.478 e. The number of hydrogen-bond donors (Lipinski definition) is 1. The van der Waals surface area contributed by atoms with Crippen molar-refractivity contribution in [3.63, 3.8) is 0 Å². The first-order chi connectivity index (χ1) is 5.33. The molecule has 1 rings (SSSR count). The molecule has 0 unspecified atom stereocenters. The van der Waals surface area contributed by atoms with Crippen molar-refractivity contribution >= 4 is 5.69 Å². The highest BCUT2D eigenvalue weighted by molar-refractivity contribution is 5.35. The highest BCUT2D eigenvalue weighted by Gasteiger charge is 1.91. The zero-order chi connectivity index (χ0) is 8.10. The van der Waals surface area contributed by atoms with Gasteiger partial charge in [0, 0.05) is 6.07 Å². The molecule has 60 valence electrons. The molecule has 0 aromatic carbocycles. The van der Waals surface area contributed by atoms with Crippen LogP contribution in [0.2, 0.25) is 0 Å². The van der Waals surface area contributed by atoms with Crippen LogP contribution in [0, 0.1) is 0 Å². The third-order valence-electron chi connectivity index (χ3n) is 1.21. The second-order valence-corrected chi connectivity index (χ2v) is 2.28. The third-order valence-corrected chi connectivity index (χ3v) is 1.21. The van der Waals surface area contributed by atoms with Gasteiger partial charge >= 0.3 is 0 Å². The Bertz CT molecular complexity index is 208. The molecule has 1 aromatic rings. The van der Waals surface area contributed by atoms with Gasteiger partial charge < -0.3 is 10.5 Å². The Labute approximate surface area is 66.2 Å². The Morgan fingerprint density at radius 3 is 2.91 bits per heavy atom. The molecular formula is C8H12N2O. The van der Waals surface area contributed by atoms with E-state index in [1.54, 1.807) is 18.3 Å². The van der Waals surface area contributed by atoms with E-state index in [9.17, 15) is 0 Å². The van der Waals surface area contributed by atoms with Crippen molar-refractivity contribution in [2.75, 3.05) is 12.3 Å². The molecule has 0 spiro atoms. The monoisotopic (exact) mass is 152 g/mol. The summed E-state index contributed by atoms with van der Waals surface area (Å²) in [5.41, 5.74) is 6.10. The summed E-state index contributed by atoms with van der Waals surface area (Å²) in [6, 6.07) is 3.54. The molecule has 0 aliphatic rings. The number of rotatable bonds is 3. The van der Waals surface area contributed by atoms with Crippen molar-refractivity contribution in [1.82, 2.24) is 4.98 Å². The Hall–Kier alpha value is -1.25. The maximum atomic E-state index is 5.44. The summed E-state index contributed by atoms with van der Waals surface area (Å²) in [6.45, 7) is 2.76. The molecule has 0 saturated carbocycles. The summed E-state index contributed by atoms with van der Waals surface area (Å²) >= 11 is 0. The topological polar surface area (TPSA) is 48.1 Å². The van der Waals surface area contributed by atoms with Gasteiger partial charge in [0.2, 0.25) is 5.88 Å². The highest BCUT2D eigenvalue weighted by Crippen LogP contribution is 2.07. The van der Waals surface area contributed by atoms with Crippen LogP contribution < -0.4 is 10.5 Å². The molecule has 3 heteroatoms. The largest absolute Gasteiger partial charge is 0.478 e. The van der Waals surface area contributed by atoms with E-state index in [1.165, 1.54) is 0 Å². The van der Waals surface area contributed by atoms with Gasteiger partial charge in [0.05, 0.1) is 18.5 Å². The van der Waals surface area contributed by atoms with E-state index in [0.717, 1.165) is 6.42 Å². The van der Waals surface area contributed by atoms with Gasteiger partial charge in [0.15, 0.2) is 0 Å². The molecule has 0 amide bonds. The number of ether oxygens (including phenoxy) is 1. The second-order valence-electron chi connectivity index (χ2n) is 2.28. The minimum absolute atomic E-state index is 0.640. The van der Waals surface area contributed by atoms with E-state index in [2.05, 4.69) is 11.9 Å². The summed E-state index contributed by atoms with van der Waals surface area (Å²) in [7, 11) is 0. The van der Waals surface area contributed by atoms with Crippen LogP contribution >= 0.6 is 0 Å². The zero-order valence-corrected chi connectivity index (χ0v) is 6.58. The SMILES string of the molecule is CCCOc1ccc(N)cn1. The van der Waals surface area contributed by atoms with Crippen LogP contribution in [0.4, 0.5) is 5.69 Å². The van der Waals surface area contributed by atoms with E-state index in [4.69, 9.17) is 10.5 Å². The number of aromatic nitrogens is 1. The lowest BCUT2D eigenvalue weighted by molar-refractivity contribution is 0.305. The first-order valence-electron chi connectivity index (χ1n) is 3.67. The Kier molecular flexibility index (Phi) is 2.72. The van der Waals surface area contributed by atoms with Gasteiger partial charge in [-0.05, 0) is 12.5 Å². The van der Waals surface area contributed by atoms with Crippen LogP contribution in [0.15, 0.2) is 18.3 Å². The van der Waals surface area contributed by atoms with E-state index in [0.29, 0.717) is 18.2 Å². The molecule has 0 bridgehead atoms. The Morgan fingerprint density at radius 1 is 1.55 bits per heavy atom. The predicted octanol–water partition coefficient (Wildman–Crippen LogP) is 1.45. The van der Waals surface area contributed by atoms with E-state index in [1.807, 2.05) is 0 Å². The first kappa shape index (κ1) is 7.85. The van der Waals surface area contributed by atoms with Gasteiger partial charge in [-0.1, -0.05) is 6.92 Å². The fourth-order valence-corrected chi connectivity index (χ4v) is 0.684. The van der Waals surface area contributed by atoms with Crippen molar-refractivity contribution in [3.05, 3.63) is 18.3 Å². The van der Waals surface area contributed by atoms with Gasteiger partial charge in [-0.15, -0.1) is 0 Å². The quantitative estimate of drug-likeness (QED) is 0.713. The standard InChI is InChI=1S/C8H12N2O/c1-2-5-11-8-4-3-7(9)6-10-8/h3-4,6H,2,5,9H2,1H3. The van der Waals surface area contributed by atoms with Crippen molar-refractivity contribution in [1.29, 1.82) is 0 Å². The third kappa shape index (κ3) is 2.45. The molecule has 0 aliphatic heterocycles. The molecular weight excluding hydrogens is 140 g/mol. The summed E-state index contributed by atoms with van der Waals surface area (Å²) in [4.78, 5) is 3.97. The average molecular weight is 152 g/mol. The number of anilines is 1. The highest BCUT2D eigenvalue weighted by atomic mass is 16.5. The van der Waals surface area contributed by atoms with Gasteiger partial charge in [0.25, 0.3) is 0 Å². The summed E-state index contributed by atoms with van der Waals surface area (Å²) in [5, 5.41) is 0. The van der Waals surface area contributed by atoms with Crippen molar-refractivity contribution in [2.45, 2.75) is 13.3 Å². The molecule has 1 heterocycles. The fraction of sp³-hybridized carbons (Fsp3) is 0.375. The second kappa shape index (κ2) is 3.81. The van der Waals surface area contributed by atoms with Crippen molar-refractivity contribution in [3.8, 4) is 5.88 Å². The van der Waals surface area contributed by atoms with Gasteiger partial charge in [0.1, 0.15) is 0 Å². The molecule has 0 radical (unpaired) electrons. The Morgan fingerprint density at radius 2 is 2.36 bits per heavy atom. The number of pyridine rings is 1. The Balaban J connectivity index is 2.52. The van der Waals surface area contributed by atoms with Gasteiger partial charge in [-0.3, -0.25) is 0 Å². The van der Waals surface area contributed by atoms with Gasteiger partial charge in [-0.2, -0.15) is 0 Å². The van der Waals surface area contributed by atoms with Gasteiger partial charge in [-0.25, -0.2) is 4.98 Å². The molecule has 0 saturated heterocycles. The smallest absolute Gasteiger partial charge is 0.213 e.